The van der Waals surface area contributed by atoms with E-state index in [1.807, 2.05) is 0 Å². The molecule has 0 aromatic rings. The van der Waals surface area contributed by atoms with Crippen molar-refractivity contribution < 1.29 is 57.0 Å². The Morgan fingerprint density at radius 1 is 0.645 bits per heavy atom. The quantitative estimate of drug-likeness (QED) is 0.296. The molecule has 0 amide bonds. The Bertz CT molecular complexity index is 693. The lowest BCUT2D eigenvalue weighted by Gasteiger charge is -2.33. The summed E-state index contributed by atoms with van der Waals surface area (Å²) in [6, 6.07) is 0. The molecule has 2 fully saturated rings. The second-order valence-corrected chi connectivity index (χ2v) is 9.38. The third-order valence-electron chi connectivity index (χ3n) is 3.95. The molecule has 2 aliphatic heterocycles. The molecular weight excluding hydrogens is 490 g/mol. The summed E-state index contributed by atoms with van der Waals surface area (Å²) >= 11 is 0. The van der Waals surface area contributed by atoms with Crippen LogP contribution < -0.4 is 0 Å². The summed E-state index contributed by atoms with van der Waals surface area (Å²) in [4.78, 5) is 9.00. The van der Waals surface area contributed by atoms with Crippen molar-refractivity contribution in [2.75, 3.05) is 54.4 Å². The minimum absolute atomic E-state index is 0.123. The lowest BCUT2D eigenvalue weighted by Crippen LogP contribution is -2.47. The zero-order chi connectivity index (χ0) is 25.0. The first-order chi connectivity index (χ1) is 13.6. The minimum atomic E-state index is -5.84. The first-order valence-electron chi connectivity index (χ1n) is 8.13. The van der Waals surface area contributed by atoms with Gasteiger partial charge in [-0.3, -0.25) is 28.7 Å². The van der Waals surface area contributed by atoms with Gasteiger partial charge in [0.05, 0.1) is 0 Å². The maximum absolute atomic E-state index is 10.7. The Balaban J connectivity index is 0.000000483. The van der Waals surface area contributed by atoms with Crippen molar-refractivity contribution in [3.05, 3.63) is 0 Å². The molecule has 0 bridgehead atoms. The highest BCUT2D eigenvalue weighted by atomic mass is 32.2. The second-order valence-electron chi connectivity index (χ2n) is 6.55. The van der Waals surface area contributed by atoms with E-state index in [1.165, 1.54) is 0 Å². The smallest absolute Gasteiger partial charge is 0.318 e. The number of ether oxygens (including phenoxy) is 1. The molecule has 0 atom stereocenters. The fraction of sp³-hybridized carbons (Fsp3) is 1.00. The molecule has 0 aliphatic carbocycles. The molecule has 2 rings (SSSR count). The lowest BCUT2D eigenvalue weighted by molar-refractivity contribution is -0.201. The van der Waals surface area contributed by atoms with Crippen LogP contribution in [-0.4, -0.2) is 124 Å². The van der Waals surface area contributed by atoms with Crippen LogP contribution >= 0.6 is 0 Å². The second kappa shape index (κ2) is 10.9. The first kappa shape index (κ1) is 30.2. The maximum atomic E-state index is 10.7. The van der Waals surface area contributed by atoms with Gasteiger partial charge in [0, 0.05) is 26.2 Å². The van der Waals surface area contributed by atoms with E-state index >= 15 is 0 Å². The molecule has 19 heteroatoms. The van der Waals surface area contributed by atoms with Crippen molar-refractivity contribution in [2.24, 2.45) is 0 Å². The van der Waals surface area contributed by atoms with Crippen molar-refractivity contribution in [1.82, 2.24) is 19.6 Å². The van der Waals surface area contributed by atoms with Gasteiger partial charge in [-0.25, -0.2) is 0 Å². The van der Waals surface area contributed by atoms with Gasteiger partial charge in [0.1, 0.15) is 0 Å². The average molecular weight is 514 g/mol. The molecule has 0 spiro atoms. The summed E-state index contributed by atoms with van der Waals surface area (Å²) in [6.45, 7) is 4.34. The predicted octanol–water partition coefficient (Wildman–Crippen LogP) is 0.113. The van der Waals surface area contributed by atoms with E-state index in [-0.39, 0.29) is 12.7 Å². The largest absolute Gasteiger partial charge is 0.522 e. The van der Waals surface area contributed by atoms with Gasteiger partial charge in [-0.15, -0.1) is 0 Å². The fourth-order valence-electron chi connectivity index (χ4n) is 2.27. The highest BCUT2D eigenvalue weighted by molar-refractivity contribution is 7.86. The van der Waals surface area contributed by atoms with Gasteiger partial charge in [0.25, 0.3) is 0 Å². The predicted molar refractivity (Wildman–Crippen MR) is 94.4 cm³/mol. The highest BCUT2D eigenvalue weighted by Crippen LogP contribution is 2.21. The monoisotopic (exact) mass is 514 g/mol. The van der Waals surface area contributed by atoms with Crippen LogP contribution in [0, 0.1) is 0 Å². The van der Waals surface area contributed by atoms with Crippen molar-refractivity contribution >= 4 is 20.2 Å². The summed E-state index contributed by atoms with van der Waals surface area (Å²) in [6.07, 6.45) is 0.246. The molecule has 0 aromatic carbocycles. The molecule has 2 heterocycles. The van der Waals surface area contributed by atoms with E-state index in [9.17, 15) is 26.3 Å². The van der Waals surface area contributed by atoms with Gasteiger partial charge in [-0.1, -0.05) is 0 Å². The van der Waals surface area contributed by atoms with E-state index in [2.05, 4.69) is 47.8 Å². The SMILES string of the molecule is CN1CCN(C)C1OC1N(C)CCN1C.O=S(=O)(O)C(F)(F)F.O=S(=O)(O)C(F)(F)F. The van der Waals surface area contributed by atoms with E-state index in [4.69, 9.17) is 30.7 Å². The third kappa shape index (κ3) is 9.70. The van der Waals surface area contributed by atoms with Crippen molar-refractivity contribution in [3.8, 4) is 0 Å². The molecule has 2 N–H and O–H groups in total. The van der Waals surface area contributed by atoms with Crippen LogP contribution in [0.25, 0.3) is 0 Å². The van der Waals surface area contributed by atoms with Gasteiger partial charge in [0.15, 0.2) is 12.7 Å². The Kier molecular flexibility index (Phi) is 10.6. The number of hydrogen-bond donors (Lipinski definition) is 2. The average Bonchev–Trinajstić information content (AvgIpc) is 3.02. The maximum Gasteiger partial charge on any atom is 0.522 e. The molecule has 31 heavy (non-hydrogen) atoms. The standard InChI is InChI=1S/C10H22N4O.2CHF3O3S/c1-11-5-6-12(2)9(11)15-10-13(3)7-8-14(10)4;2*2-1(3,4)8(5,6)7/h9-10H,5-8H2,1-4H3;2*(H,5,6,7). The summed E-state index contributed by atoms with van der Waals surface area (Å²) < 4.78 is 121. The molecule has 2 saturated heterocycles. The zero-order valence-corrected chi connectivity index (χ0v) is 18.4. The molecule has 188 valence electrons. The summed E-state index contributed by atoms with van der Waals surface area (Å²) in [5.41, 5.74) is -11.1. The number of hydrogen-bond acceptors (Lipinski definition) is 9. The van der Waals surface area contributed by atoms with Crippen LogP contribution in [0.3, 0.4) is 0 Å². The van der Waals surface area contributed by atoms with Crippen LogP contribution in [0.15, 0.2) is 0 Å². The molecule has 0 unspecified atom stereocenters. The van der Waals surface area contributed by atoms with E-state index in [0.717, 1.165) is 26.2 Å². The topological polar surface area (TPSA) is 131 Å². The molecule has 0 aromatic heterocycles. The number of halogens is 6. The number of nitrogens with zero attached hydrogens (tertiary/aromatic N) is 4. The normalized spacial score (nSPS) is 21.5. The summed E-state index contributed by atoms with van der Waals surface area (Å²) in [7, 11) is -3.22. The van der Waals surface area contributed by atoms with Crippen molar-refractivity contribution in [3.63, 3.8) is 0 Å². The zero-order valence-electron chi connectivity index (χ0n) is 16.8. The lowest BCUT2D eigenvalue weighted by atomic mass is 10.6. The van der Waals surface area contributed by atoms with Gasteiger partial charge >= 0.3 is 31.3 Å². The number of alkyl halides is 6. The fourth-order valence-corrected chi connectivity index (χ4v) is 2.27. The van der Waals surface area contributed by atoms with Crippen molar-refractivity contribution in [1.29, 1.82) is 0 Å². The number of rotatable bonds is 2. The molecule has 0 saturated carbocycles. The van der Waals surface area contributed by atoms with Gasteiger partial charge in [-0.2, -0.15) is 43.2 Å². The van der Waals surface area contributed by atoms with E-state index in [0.29, 0.717) is 0 Å². The molecule has 11 nitrogen and oxygen atoms in total. The first-order valence-corrected chi connectivity index (χ1v) is 11.0. The van der Waals surface area contributed by atoms with Crippen LogP contribution in [0.5, 0.6) is 0 Å². The Morgan fingerprint density at radius 3 is 0.935 bits per heavy atom. The van der Waals surface area contributed by atoms with Gasteiger partial charge in [-0.05, 0) is 28.2 Å². The Morgan fingerprint density at radius 2 is 0.806 bits per heavy atom. The number of likely N-dealkylation sites (N-methyl/N-ethyl adjacent to an activating group) is 4. The Labute approximate surface area is 175 Å². The highest BCUT2D eigenvalue weighted by Gasteiger charge is 2.45. The van der Waals surface area contributed by atoms with E-state index in [1.54, 1.807) is 0 Å². The van der Waals surface area contributed by atoms with Crippen LogP contribution in [0.2, 0.25) is 0 Å². The van der Waals surface area contributed by atoms with Crippen molar-refractivity contribution in [2.45, 2.75) is 23.7 Å². The summed E-state index contributed by atoms with van der Waals surface area (Å²) in [5.74, 6) is 0. The van der Waals surface area contributed by atoms with E-state index < -0.39 is 31.3 Å². The van der Waals surface area contributed by atoms with Gasteiger partial charge < -0.3 is 4.74 Å². The minimum Gasteiger partial charge on any atom is -0.318 e. The van der Waals surface area contributed by atoms with Gasteiger partial charge in [0.2, 0.25) is 0 Å². The van der Waals surface area contributed by atoms with Crippen LogP contribution in [0.1, 0.15) is 0 Å². The Hall–Kier alpha value is -0.800. The molecular formula is C12H24F6N4O7S2. The molecule has 2 aliphatic rings. The van der Waals surface area contributed by atoms with Crippen LogP contribution in [0.4, 0.5) is 26.3 Å². The third-order valence-corrected chi connectivity index (χ3v) is 5.12. The van der Waals surface area contributed by atoms with Crippen LogP contribution in [-0.2, 0) is 25.0 Å². The summed E-state index contributed by atoms with van der Waals surface area (Å²) in [5, 5.41) is 0. The molecule has 0 radical (unpaired) electrons.